The molecule has 0 bridgehead atoms. The SMILES string of the molecule is Cc1cc(Br)c(O)c(C(=O)C(C)C(=O)C2CC2)c1. The van der Waals surface area contributed by atoms with Crippen molar-refractivity contribution in [1.82, 2.24) is 0 Å². The third-order valence-electron chi connectivity index (χ3n) is 3.27. The topological polar surface area (TPSA) is 54.4 Å². The van der Waals surface area contributed by atoms with E-state index in [0.29, 0.717) is 4.47 Å². The van der Waals surface area contributed by atoms with E-state index >= 15 is 0 Å². The minimum absolute atomic E-state index is 0.00275. The molecule has 0 aliphatic heterocycles. The first-order chi connectivity index (χ1) is 8.41. The summed E-state index contributed by atoms with van der Waals surface area (Å²) in [5, 5.41) is 9.90. The third-order valence-corrected chi connectivity index (χ3v) is 3.88. The van der Waals surface area contributed by atoms with E-state index in [9.17, 15) is 14.7 Å². The highest BCUT2D eigenvalue weighted by Gasteiger charge is 2.36. The number of ketones is 2. The van der Waals surface area contributed by atoms with Gasteiger partial charge in [0.2, 0.25) is 0 Å². The van der Waals surface area contributed by atoms with Crippen molar-refractivity contribution < 1.29 is 14.7 Å². The van der Waals surface area contributed by atoms with Crippen molar-refractivity contribution in [3.8, 4) is 5.75 Å². The molecule has 0 saturated heterocycles. The van der Waals surface area contributed by atoms with Crippen molar-refractivity contribution in [2.24, 2.45) is 11.8 Å². The van der Waals surface area contributed by atoms with Crippen LogP contribution >= 0.6 is 15.9 Å². The molecule has 1 aliphatic rings. The Balaban J connectivity index is 2.30. The maximum atomic E-state index is 12.2. The van der Waals surface area contributed by atoms with E-state index < -0.39 is 5.92 Å². The maximum Gasteiger partial charge on any atom is 0.176 e. The molecule has 1 aromatic carbocycles. The van der Waals surface area contributed by atoms with Crippen molar-refractivity contribution in [2.45, 2.75) is 26.7 Å². The normalized spacial score (nSPS) is 16.4. The molecule has 0 amide bonds. The average molecular weight is 311 g/mol. The van der Waals surface area contributed by atoms with Crippen LogP contribution in [0.25, 0.3) is 0 Å². The van der Waals surface area contributed by atoms with E-state index in [1.807, 2.05) is 6.92 Å². The van der Waals surface area contributed by atoms with Crippen LogP contribution in [0.2, 0.25) is 0 Å². The third kappa shape index (κ3) is 2.48. The van der Waals surface area contributed by atoms with E-state index in [1.54, 1.807) is 19.1 Å². The Morgan fingerprint density at radius 1 is 1.39 bits per heavy atom. The molecule has 1 atom stereocenters. The summed E-state index contributed by atoms with van der Waals surface area (Å²) >= 11 is 3.21. The number of halogens is 1. The van der Waals surface area contributed by atoms with E-state index in [4.69, 9.17) is 0 Å². The number of hydrogen-bond donors (Lipinski definition) is 1. The van der Waals surface area contributed by atoms with Gasteiger partial charge < -0.3 is 5.11 Å². The van der Waals surface area contributed by atoms with Crippen LogP contribution in [0.15, 0.2) is 16.6 Å². The minimum Gasteiger partial charge on any atom is -0.506 e. The zero-order valence-electron chi connectivity index (χ0n) is 10.4. The van der Waals surface area contributed by atoms with Crippen LogP contribution in [0.4, 0.5) is 0 Å². The smallest absolute Gasteiger partial charge is 0.176 e. The zero-order chi connectivity index (χ0) is 13.4. The fraction of sp³-hybridized carbons (Fsp3) is 0.429. The predicted molar refractivity (Wildman–Crippen MR) is 71.8 cm³/mol. The van der Waals surface area contributed by atoms with Crippen LogP contribution in [0.5, 0.6) is 5.75 Å². The molecule has 1 aromatic rings. The predicted octanol–water partition coefficient (Wildman–Crippen LogP) is 3.26. The van der Waals surface area contributed by atoms with Gasteiger partial charge >= 0.3 is 0 Å². The summed E-state index contributed by atoms with van der Waals surface area (Å²) in [6.07, 6.45) is 1.78. The summed E-state index contributed by atoms with van der Waals surface area (Å²) in [6.45, 7) is 3.47. The number of benzene rings is 1. The molecule has 18 heavy (non-hydrogen) atoms. The quantitative estimate of drug-likeness (QED) is 0.686. The minimum atomic E-state index is -0.669. The standard InChI is InChI=1S/C14H15BrO3/c1-7-5-10(14(18)11(15)6-7)13(17)8(2)12(16)9-3-4-9/h5-6,8-9,18H,3-4H2,1-2H3. The Hall–Kier alpha value is -1.16. The highest BCUT2D eigenvalue weighted by molar-refractivity contribution is 9.10. The largest absolute Gasteiger partial charge is 0.506 e. The first kappa shape index (κ1) is 13.3. The van der Waals surface area contributed by atoms with Gasteiger partial charge in [0, 0.05) is 5.92 Å². The summed E-state index contributed by atoms with van der Waals surface area (Å²) in [4.78, 5) is 24.1. The van der Waals surface area contributed by atoms with Gasteiger partial charge in [-0.2, -0.15) is 0 Å². The van der Waals surface area contributed by atoms with Crippen LogP contribution in [0.3, 0.4) is 0 Å². The molecule has 4 heteroatoms. The number of hydrogen-bond acceptors (Lipinski definition) is 3. The van der Waals surface area contributed by atoms with E-state index in [0.717, 1.165) is 18.4 Å². The molecule has 1 N–H and O–H groups in total. The van der Waals surface area contributed by atoms with Crippen LogP contribution in [-0.2, 0) is 4.79 Å². The zero-order valence-corrected chi connectivity index (χ0v) is 12.0. The van der Waals surface area contributed by atoms with Gasteiger partial charge in [-0.1, -0.05) is 0 Å². The summed E-state index contributed by atoms with van der Waals surface area (Å²) in [5.74, 6) is -0.997. The van der Waals surface area contributed by atoms with Crippen molar-refractivity contribution in [3.05, 3.63) is 27.7 Å². The number of carbonyl (C=O) groups excluding carboxylic acids is 2. The lowest BCUT2D eigenvalue weighted by Gasteiger charge is -2.12. The summed E-state index contributed by atoms with van der Waals surface area (Å²) in [5.41, 5.74) is 1.09. The van der Waals surface area contributed by atoms with E-state index in [1.165, 1.54) is 0 Å². The molecular formula is C14H15BrO3. The van der Waals surface area contributed by atoms with E-state index in [2.05, 4.69) is 15.9 Å². The van der Waals surface area contributed by atoms with Gasteiger partial charge in [-0.3, -0.25) is 9.59 Å². The number of aryl methyl sites for hydroxylation is 1. The number of rotatable bonds is 4. The summed E-state index contributed by atoms with van der Waals surface area (Å²) < 4.78 is 0.483. The fourth-order valence-corrected chi connectivity index (χ4v) is 2.58. The van der Waals surface area contributed by atoms with Gasteiger partial charge in [0.15, 0.2) is 5.78 Å². The number of aromatic hydroxyl groups is 1. The Morgan fingerprint density at radius 2 is 2.00 bits per heavy atom. The van der Waals surface area contributed by atoms with Gasteiger partial charge in [0.1, 0.15) is 11.5 Å². The molecule has 1 saturated carbocycles. The number of phenolic OH excluding ortho intramolecular Hbond substituents is 1. The van der Waals surface area contributed by atoms with Gasteiger partial charge in [-0.05, 0) is 60.3 Å². The number of Topliss-reactive ketones (excluding diaryl/α,β-unsaturated/α-hetero) is 2. The van der Waals surface area contributed by atoms with Crippen molar-refractivity contribution in [3.63, 3.8) is 0 Å². The lowest BCUT2D eigenvalue weighted by molar-refractivity contribution is -0.122. The monoisotopic (exact) mass is 310 g/mol. The Kier molecular flexibility index (Phi) is 3.57. The van der Waals surface area contributed by atoms with Gasteiger partial charge in [-0.25, -0.2) is 0 Å². The molecule has 1 aliphatic carbocycles. The average Bonchev–Trinajstić information content (AvgIpc) is 3.15. The summed E-state index contributed by atoms with van der Waals surface area (Å²) in [6, 6.07) is 3.36. The Morgan fingerprint density at radius 3 is 2.56 bits per heavy atom. The molecule has 1 unspecified atom stereocenters. The van der Waals surface area contributed by atoms with Gasteiger partial charge in [0.25, 0.3) is 0 Å². The Bertz CT molecular complexity index is 518. The lowest BCUT2D eigenvalue weighted by atomic mass is 9.92. The first-order valence-corrected chi connectivity index (χ1v) is 6.78. The second-order valence-corrected chi connectivity index (χ2v) is 5.76. The van der Waals surface area contributed by atoms with Crippen molar-refractivity contribution >= 4 is 27.5 Å². The number of carbonyl (C=O) groups is 2. The highest BCUT2D eigenvalue weighted by Crippen LogP contribution is 2.35. The first-order valence-electron chi connectivity index (χ1n) is 5.99. The maximum absolute atomic E-state index is 12.2. The second kappa shape index (κ2) is 4.84. The van der Waals surface area contributed by atoms with Crippen LogP contribution in [-0.4, -0.2) is 16.7 Å². The number of phenols is 1. The van der Waals surface area contributed by atoms with Crippen LogP contribution in [0.1, 0.15) is 35.7 Å². The second-order valence-electron chi connectivity index (χ2n) is 4.91. The van der Waals surface area contributed by atoms with Crippen LogP contribution < -0.4 is 0 Å². The highest BCUT2D eigenvalue weighted by atomic mass is 79.9. The molecule has 0 aromatic heterocycles. The molecule has 2 rings (SSSR count). The molecule has 0 spiro atoms. The van der Waals surface area contributed by atoms with Crippen molar-refractivity contribution in [1.29, 1.82) is 0 Å². The molecule has 1 fully saturated rings. The molecule has 3 nitrogen and oxygen atoms in total. The fourth-order valence-electron chi connectivity index (χ4n) is 2.01. The molecule has 0 radical (unpaired) electrons. The van der Waals surface area contributed by atoms with Crippen LogP contribution in [0, 0.1) is 18.8 Å². The Labute approximate surface area is 114 Å². The molecule has 96 valence electrons. The van der Waals surface area contributed by atoms with Crippen molar-refractivity contribution in [2.75, 3.05) is 0 Å². The van der Waals surface area contributed by atoms with Gasteiger partial charge in [0.05, 0.1) is 16.0 Å². The van der Waals surface area contributed by atoms with Gasteiger partial charge in [-0.15, -0.1) is 0 Å². The lowest BCUT2D eigenvalue weighted by Crippen LogP contribution is -2.22. The summed E-state index contributed by atoms with van der Waals surface area (Å²) in [7, 11) is 0. The molecule has 0 heterocycles. The molecular weight excluding hydrogens is 296 g/mol. The van der Waals surface area contributed by atoms with E-state index in [-0.39, 0.29) is 28.8 Å².